The maximum atomic E-state index is 6.02. The molecular formula is C11H12ClNO. The van der Waals surface area contributed by atoms with Gasteiger partial charge < -0.3 is 10.1 Å². The Hall–Kier alpha value is -1.17. The number of nitrogens with one attached hydrogen (secondary N) is 1. The number of anilines is 1. The topological polar surface area (TPSA) is 21.3 Å². The molecule has 0 saturated heterocycles. The summed E-state index contributed by atoms with van der Waals surface area (Å²) in [6, 6.07) is 5.63. The Morgan fingerprint density at radius 2 is 2.36 bits per heavy atom. The summed E-state index contributed by atoms with van der Waals surface area (Å²) >= 11 is 6.02. The number of benzene rings is 1. The van der Waals surface area contributed by atoms with Crippen LogP contribution >= 0.6 is 11.6 Å². The minimum absolute atomic E-state index is 0.479. The Kier molecular flexibility index (Phi) is 4.31. The minimum Gasteiger partial charge on any atom is -0.380 e. The van der Waals surface area contributed by atoms with Crippen molar-refractivity contribution in [3.63, 3.8) is 0 Å². The molecule has 0 amide bonds. The van der Waals surface area contributed by atoms with E-state index in [2.05, 4.69) is 11.2 Å². The Balaban J connectivity index is 2.90. The quantitative estimate of drug-likeness (QED) is 0.770. The van der Waals surface area contributed by atoms with Crippen LogP contribution in [0.3, 0.4) is 0 Å². The summed E-state index contributed by atoms with van der Waals surface area (Å²) in [4.78, 5) is 0. The van der Waals surface area contributed by atoms with Gasteiger partial charge in [-0.05, 0) is 12.1 Å². The van der Waals surface area contributed by atoms with E-state index < -0.39 is 0 Å². The fraction of sp³-hybridized carbons (Fsp3) is 0.273. The van der Waals surface area contributed by atoms with Gasteiger partial charge in [-0.2, -0.15) is 0 Å². The lowest BCUT2D eigenvalue weighted by molar-refractivity contribution is 0.185. The summed E-state index contributed by atoms with van der Waals surface area (Å²) in [5.41, 5.74) is 1.87. The molecule has 0 spiro atoms. The third-order valence-electron chi connectivity index (χ3n) is 1.79. The summed E-state index contributed by atoms with van der Waals surface area (Å²) in [7, 11) is 1.63. The largest absolute Gasteiger partial charge is 0.380 e. The van der Waals surface area contributed by atoms with Gasteiger partial charge in [0.1, 0.15) is 0 Å². The molecule has 0 saturated carbocycles. The van der Waals surface area contributed by atoms with Crippen molar-refractivity contribution in [2.75, 3.05) is 19.0 Å². The first-order valence-corrected chi connectivity index (χ1v) is 4.61. The molecule has 2 nitrogen and oxygen atoms in total. The van der Waals surface area contributed by atoms with Gasteiger partial charge >= 0.3 is 0 Å². The average Bonchev–Trinajstić information content (AvgIpc) is 2.19. The Morgan fingerprint density at radius 1 is 1.57 bits per heavy atom. The highest BCUT2D eigenvalue weighted by Gasteiger charge is 2.05. The van der Waals surface area contributed by atoms with Crippen molar-refractivity contribution >= 4 is 17.3 Å². The number of terminal acetylenes is 1. The summed E-state index contributed by atoms with van der Waals surface area (Å²) in [5, 5.41) is 3.78. The number of hydrogen-bond acceptors (Lipinski definition) is 2. The highest BCUT2D eigenvalue weighted by molar-refractivity contribution is 6.31. The monoisotopic (exact) mass is 209 g/mol. The fourth-order valence-corrected chi connectivity index (χ4v) is 1.39. The van der Waals surface area contributed by atoms with Crippen molar-refractivity contribution in [1.29, 1.82) is 0 Å². The molecule has 74 valence electrons. The van der Waals surface area contributed by atoms with Crippen LogP contribution in [0.5, 0.6) is 0 Å². The molecule has 1 aromatic carbocycles. The molecule has 0 aromatic heterocycles. The molecule has 0 fully saturated rings. The molecule has 0 aliphatic carbocycles. The van der Waals surface area contributed by atoms with E-state index >= 15 is 0 Å². The van der Waals surface area contributed by atoms with Gasteiger partial charge in [-0.3, -0.25) is 0 Å². The highest BCUT2D eigenvalue weighted by Crippen LogP contribution is 2.24. The molecule has 0 bridgehead atoms. The lowest BCUT2D eigenvalue weighted by Gasteiger charge is -2.10. The van der Waals surface area contributed by atoms with E-state index in [1.807, 2.05) is 18.2 Å². The predicted molar refractivity (Wildman–Crippen MR) is 59.5 cm³/mol. The summed E-state index contributed by atoms with van der Waals surface area (Å²) in [6.07, 6.45) is 5.16. The molecule has 0 aliphatic rings. The second-order valence-electron chi connectivity index (χ2n) is 2.76. The van der Waals surface area contributed by atoms with Crippen molar-refractivity contribution in [2.45, 2.75) is 6.61 Å². The number of halogens is 1. The van der Waals surface area contributed by atoms with Crippen LogP contribution in [0.1, 0.15) is 5.56 Å². The van der Waals surface area contributed by atoms with E-state index in [1.54, 1.807) is 7.11 Å². The molecule has 1 N–H and O–H groups in total. The van der Waals surface area contributed by atoms with E-state index in [9.17, 15) is 0 Å². The van der Waals surface area contributed by atoms with Crippen molar-refractivity contribution in [2.24, 2.45) is 0 Å². The molecule has 0 aliphatic heterocycles. The van der Waals surface area contributed by atoms with Crippen molar-refractivity contribution in [3.8, 4) is 12.3 Å². The van der Waals surface area contributed by atoms with Crippen LogP contribution in [0.2, 0.25) is 5.02 Å². The Bertz CT molecular complexity index is 344. The van der Waals surface area contributed by atoms with E-state index in [0.717, 1.165) is 11.3 Å². The molecule has 14 heavy (non-hydrogen) atoms. The third-order valence-corrected chi connectivity index (χ3v) is 2.14. The zero-order valence-corrected chi connectivity index (χ0v) is 8.77. The lowest BCUT2D eigenvalue weighted by atomic mass is 10.2. The van der Waals surface area contributed by atoms with Gasteiger partial charge in [-0.15, -0.1) is 6.42 Å². The Morgan fingerprint density at radius 3 is 3.00 bits per heavy atom. The van der Waals surface area contributed by atoms with Crippen LogP contribution in [0.15, 0.2) is 18.2 Å². The van der Waals surface area contributed by atoms with Crippen molar-refractivity contribution in [1.82, 2.24) is 0 Å². The highest BCUT2D eigenvalue weighted by atomic mass is 35.5. The van der Waals surface area contributed by atoms with Gasteiger partial charge in [0.05, 0.1) is 13.2 Å². The molecule has 1 aromatic rings. The van der Waals surface area contributed by atoms with E-state index in [-0.39, 0.29) is 0 Å². The normalized spacial score (nSPS) is 9.50. The summed E-state index contributed by atoms with van der Waals surface area (Å²) < 4.78 is 5.05. The predicted octanol–water partition coefficient (Wildman–Crippen LogP) is 2.53. The van der Waals surface area contributed by atoms with Gasteiger partial charge in [0, 0.05) is 23.4 Å². The summed E-state index contributed by atoms with van der Waals surface area (Å²) in [6.45, 7) is 0.962. The van der Waals surface area contributed by atoms with Crippen LogP contribution in [-0.4, -0.2) is 13.7 Å². The maximum Gasteiger partial charge on any atom is 0.0763 e. The van der Waals surface area contributed by atoms with Crippen LogP contribution in [0.4, 0.5) is 5.69 Å². The van der Waals surface area contributed by atoms with Gasteiger partial charge in [0.25, 0.3) is 0 Å². The van der Waals surface area contributed by atoms with Crippen molar-refractivity contribution < 1.29 is 4.74 Å². The third kappa shape index (κ3) is 2.66. The molecular weight excluding hydrogens is 198 g/mol. The molecule has 0 atom stereocenters. The number of methoxy groups -OCH3 is 1. The number of hydrogen-bond donors (Lipinski definition) is 1. The fourth-order valence-electron chi connectivity index (χ4n) is 1.16. The van der Waals surface area contributed by atoms with E-state index in [0.29, 0.717) is 18.2 Å². The minimum atomic E-state index is 0.479. The van der Waals surface area contributed by atoms with Crippen molar-refractivity contribution in [3.05, 3.63) is 28.8 Å². The van der Waals surface area contributed by atoms with Gasteiger partial charge in [-0.25, -0.2) is 0 Å². The Labute approximate surface area is 89.2 Å². The van der Waals surface area contributed by atoms with Crippen LogP contribution in [0.25, 0.3) is 0 Å². The second-order valence-corrected chi connectivity index (χ2v) is 3.16. The zero-order chi connectivity index (χ0) is 10.4. The van der Waals surface area contributed by atoms with Gasteiger partial charge in [-0.1, -0.05) is 23.6 Å². The molecule has 0 heterocycles. The molecule has 0 unspecified atom stereocenters. The van der Waals surface area contributed by atoms with Crippen LogP contribution in [0, 0.1) is 12.3 Å². The van der Waals surface area contributed by atoms with E-state index in [1.165, 1.54) is 0 Å². The van der Waals surface area contributed by atoms with Crippen LogP contribution < -0.4 is 5.32 Å². The smallest absolute Gasteiger partial charge is 0.0763 e. The first-order valence-electron chi connectivity index (χ1n) is 4.23. The molecule has 3 heteroatoms. The van der Waals surface area contributed by atoms with Gasteiger partial charge in [0.15, 0.2) is 0 Å². The SMILES string of the molecule is C#CCNc1cccc(Cl)c1COC. The average molecular weight is 210 g/mol. The number of rotatable bonds is 4. The van der Waals surface area contributed by atoms with Gasteiger partial charge in [0.2, 0.25) is 0 Å². The molecule has 0 radical (unpaired) electrons. The lowest BCUT2D eigenvalue weighted by Crippen LogP contribution is -2.03. The number of ether oxygens (including phenoxy) is 1. The standard InChI is InChI=1S/C11H12ClNO/c1-3-7-13-11-6-4-5-10(12)9(11)8-14-2/h1,4-6,13H,7-8H2,2H3. The first-order chi connectivity index (χ1) is 6.79. The summed E-state index contributed by atoms with van der Waals surface area (Å²) in [5.74, 6) is 2.51. The first kappa shape index (κ1) is 10.9. The van der Waals surface area contributed by atoms with Crippen LogP contribution in [-0.2, 0) is 11.3 Å². The molecule has 1 rings (SSSR count). The zero-order valence-electron chi connectivity index (χ0n) is 8.01. The maximum absolute atomic E-state index is 6.02. The second kappa shape index (κ2) is 5.54. The van der Waals surface area contributed by atoms with E-state index in [4.69, 9.17) is 22.8 Å².